The van der Waals surface area contributed by atoms with Crippen molar-refractivity contribution < 1.29 is 4.74 Å². The van der Waals surface area contributed by atoms with Gasteiger partial charge in [0, 0.05) is 11.4 Å². The lowest BCUT2D eigenvalue weighted by Crippen LogP contribution is -2.34. The molecular weight excluding hydrogens is 194 g/mol. The second kappa shape index (κ2) is 4.82. The molecule has 1 aliphatic rings. The van der Waals surface area contributed by atoms with E-state index >= 15 is 0 Å². The van der Waals surface area contributed by atoms with E-state index in [0.29, 0.717) is 6.04 Å². The topological polar surface area (TPSA) is 21.3 Å². The normalized spacial score (nSPS) is 22.2. The molecule has 1 heterocycles. The van der Waals surface area contributed by atoms with Crippen LogP contribution in [0.1, 0.15) is 11.6 Å². The maximum Gasteiger partial charge on any atom is 0.0662 e. The van der Waals surface area contributed by atoms with Gasteiger partial charge >= 0.3 is 0 Å². The Morgan fingerprint density at radius 1 is 1.50 bits per heavy atom. The van der Waals surface area contributed by atoms with Crippen molar-refractivity contribution in [2.24, 2.45) is 0 Å². The van der Waals surface area contributed by atoms with Crippen LogP contribution < -0.4 is 5.32 Å². The molecule has 1 aromatic rings. The molecule has 1 N–H and O–H groups in total. The molecule has 0 aliphatic carbocycles. The van der Waals surface area contributed by atoms with Crippen LogP contribution >= 0.6 is 11.8 Å². The monoisotopic (exact) mass is 209 g/mol. The van der Waals surface area contributed by atoms with Crippen LogP contribution in [0.2, 0.25) is 0 Å². The fourth-order valence-corrected chi connectivity index (χ4v) is 2.11. The zero-order chi connectivity index (χ0) is 9.80. The van der Waals surface area contributed by atoms with Crippen molar-refractivity contribution in [3.05, 3.63) is 29.8 Å². The fourth-order valence-electron chi connectivity index (χ4n) is 1.64. The Bertz CT molecular complexity index is 297. The molecule has 0 amide bonds. The number of morpholine rings is 1. The van der Waals surface area contributed by atoms with Crippen molar-refractivity contribution in [1.82, 2.24) is 5.32 Å². The third-order valence-electron chi connectivity index (χ3n) is 2.42. The van der Waals surface area contributed by atoms with E-state index in [1.807, 2.05) is 0 Å². The molecule has 1 saturated heterocycles. The summed E-state index contributed by atoms with van der Waals surface area (Å²) in [7, 11) is 0. The highest BCUT2D eigenvalue weighted by Gasteiger charge is 2.14. The van der Waals surface area contributed by atoms with Crippen LogP contribution in [0.4, 0.5) is 0 Å². The van der Waals surface area contributed by atoms with Gasteiger partial charge in [0.25, 0.3) is 0 Å². The van der Waals surface area contributed by atoms with E-state index in [1.54, 1.807) is 11.8 Å². The number of benzene rings is 1. The Morgan fingerprint density at radius 3 is 3.14 bits per heavy atom. The van der Waals surface area contributed by atoms with Gasteiger partial charge in [-0.15, -0.1) is 11.8 Å². The summed E-state index contributed by atoms with van der Waals surface area (Å²) in [6.45, 7) is 2.57. The Morgan fingerprint density at radius 2 is 2.43 bits per heavy atom. The van der Waals surface area contributed by atoms with Crippen LogP contribution in [-0.4, -0.2) is 26.0 Å². The SMILES string of the molecule is CSc1cccc(C2COCCN2)c1. The van der Waals surface area contributed by atoms with Crippen LogP contribution in [0.15, 0.2) is 29.2 Å². The van der Waals surface area contributed by atoms with Gasteiger partial charge in [-0.2, -0.15) is 0 Å². The summed E-state index contributed by atoms with van der Waals surface area (Å²) in [6.07, 6.45) is 2.10. The first kappa shape index (κ1) is 10.0. The molecule has 2 rings (SSSR count). The summed E-state index contributed by atoms with van der Waals surface area (Å²) in [5, 5.41) is 3.45. The van der Waals surface area contributed by atoms with Gasteiger partial charge in [0.2, 0.25) is 0 Å². The average Bonchev–Trinajstić information content (AvgIpc) is 2.30. The Labute approximate surface area is 89.0 Å². The highest BCUT2D eigenvalue weighted by Crippen LogP contribution is 2.21. The second-order valence-electron chi connectivity index (χ2n) is 3.36. The van der Waals surface area contributed by atoms with E-state index in [2.05, 4.69) is 35.8 Å². The minimum Gasteiger partial charge on any atom is -0.378 e. The molecule has 1 aliphatic heterocycles. The predicted molar refractivity (Wildman–Crippen MR) is 59.8 cm³/mol. The van der Waals surface area contributed by atoms with Gasteiger partial charge < -0.3 is 10.1 Å². The van der Waals surface area contributed by atoms with Gasteiger partial charge in [-0.25, -0.2) is 0 Å². The van der Waals surface area contributed by atoms with E-state index in [9.17, 15) is 0 Å². The van der Waals surface area contributed by atoms with Gasteiger partial charge in [0.1, 0.15) is 0 Å². The Hall–Kier alpha value is -0.510. The lowest BCUT2D eigenvalue weighted by atomic mass is 10.1. The summed E-state index contributed by atoms with van der Waals surface area (Å²) in [5.74, 6) is 0. The number of rotatable bonds is 2. The van der Waals surface area contributed by atoms with Crippen LogP contribution in [0.3, 0.4) is 0 Å². The van der Waals surface area contributed by atoms with E-state index in [4.69, 9.17) is 4.74 Å². The first-order valence-corrected chi connectivity index (χ1v) is 6.07. The quantitative estimate of drug-likeness (QED) is 0.753. The minimum absolute atomic E-state index is 0.371. The molecule has 0 aromatic heterocycles. The number of hydrogen-bond donors (Lipinski definition) is 1. The molecule has 3 heteroatoms. The van der Waals surface area contributed by atoms with E-state index in [1.165, 1.54) is 10.5 Å². The minimum atomic E-state index is 0.371. The summed E-state index contributed by atoms with van der Waals surface area (Å²) in [4.78, 5) is 1.31. The van der Waals surface area contributed by atoms with Crippen molar-refractivity contribution in [2.75, 3.05) is 26.0 Å². The molecule has 76 valence electrons. The maximum absolute atomic E-state index is 5.44. The highest BCUT2D eigenvalue weighted by molar-refractivity contribution is 7.98. The summed E-state index contributed by atoms with van der Waals surface area (Å²) in [6, 6.07) is 9.01. The molecule has 14 heavy (non-hydrogen) atoms. The van der Waals surface area contributed by atoms with Crippen LogP contribution in [0.5, 0.6) is 0 Å². The fraction of sp³-hybridized carbons (Fsp3) is 0.455. The van der Waals surface area contributed by atoms with Crippen molar-refractivity contribution in [1.29, 1.82) is 0 Å². The molecule has 1 fully saturated rings. The van der Waals surface area contributed by atoms with Gasteiger partial charge in [0.05, 0.1) is 19.3 Å². The zero-order valence-corrected chi connectivity index (χ0v) is 9.14. The van der Waals surface area contributed by atoms with Crippen molar-refractivity contribution in [3.63, 3.8) is 0 Å². The maximum atomic E-state index is 5.44. The van der Waals surface area contributed by atoms with Gasteiger partial charge in [0.15, 0.2) is 0 Å². The average molecular weight is 209 g/mol. The largest absolute Gasteiger partial charge is 0.378 e. The molecule has 1 unspecified atom stereocenters. The van der Waals surface area contributed by atoms with E-state index in [-0.39, 0.29) is 0 Å². The first-order valence-electron chi connectivity index (χ1n) is 4.85. The Kier molecular flexibility index (Phi) is 3.45. The second-order valence-corrected chi connectivity index (χ2v) is 4.24. The van der Waals surface area contributed by atoms with Gasteiger partial charge in [-0.05, 0) is 24.0 Å². The van der Waals surface area contributed by atoms with Crippen molar-refractivity contribution in [2.45, 2.75) is 10.9 Å². The van der Waals surface area contributed by atoms with E-state index in [0.717, 1.165) is 19.8 Å². The van der Waals surface area contributed by atoms with E-state index < -0.39 is 0 Å². The number of ether oxygens (including phenoxy) is 1. The number of nitrogens with one attached hydrogen (secondary N) is 1. The van der Waals surface area contributed by atoms with Crippen LogP contribution in [0.25, 0.3) is 0 Å². The molecular formula is C11H15NOS. The standard InChI is InChI=1S/C11H15NOS/c1-14-10-4-2-3-9(7-10)11-8-13-6-5-12-11/h2-4,7,11-12H,5-6,8H2,1H3. The molecule has 0 spiro atoms. The summed E-state index contributed by atoms with van der Waals surface area (Å²) >= 11 is 1.78. The molecule has 0 saturated carbocycles. The van der Waals surface area contributed by atoms with Gasteiger partial charge in [-0.1, -0.05) is 12.1 Å². The molecule has 0 bridgehead atoms. The van der Waals surface area contributed by atoms with Crippen LogP contribution in [-0.2, 0) is 4.74 Å². The first-order chi connectivity index (χ1) is 6.90. The van der Waals surface area contributed by atoms with Crippen molar-refractivity contribution >= 4 is 11.8 Å². The zero-order valence-electron chi connectivity index (χ0n) is 8.32. The summed E-state index contributed by atoms with van der Waals surface area (Å²) in [5.41, 5.74) is 1.33. The van der Waals surface area contributed by atoms with Crippen molar-refractivity contribution in [3.8, 4) is 0 Å². The van der Waals surface area contributed by atoms with Gasteiger partial charge in [-0.3, -0.25) is 0 Å². The smallest absolute Gasteiger partial charge is 0.0662 e. The predicted octanol–water partition coefficient (Wildman–Crippen LogP) is 2.07. The number of hydrogen-bond acceptors (Lipinski definition) is 3. The third kappa shape index (κ3) is 2.29. The number of thioether (sulfide) groups is 1. The molecule has 2 nitrogen and oxygen atoms in total. The molecule has 0 radical (unpaired) electrons. The highest BCUT2D eigenvalue weighted by atomic mass is 32.2. The lowest BCUT2D eigenvalue weighted by molar-refractivity contribution is 0.0768. The molecule has 1 aromatic carbocycles. The Balaban J connectivity index is 2.13. The van der Waals surface area contributed by atoms with Crippen LogP contribution in [0, 0.1) is 0 Å². The third-order valence-corrected chi connectivity index (χ3v) is 3.14. The lowest BCUT2D eigenvalue weighted by Gasteiger charge is -2.24. The summed E-state index contributed by atoms with van der Waals surface area (Å²) < 4.78 is 5.44. The molecule has 1 atom stereocenters.